The zero-order chi connectivity index (χ0) is 45.8. The number of aliphatic hydroxyl groups is 8. The number of nitrogens with zero attached hydrogens (tertiary/aromatic N) is 1. The molecule has 8 N–H and O–H groups in total. The number of benzene rings is 3. The normalized spacial score (nSPS) is 25.0. The summed E-state index contributed by atoms with van der Waals surface area (Å²) < 4.78 is 44.1. The van der Waals surface area contributed by atoms with E-state index in [1.54, 1.807) is 24.3 Å². The fourth-order valence-corrected chi connectivity index (χ4v) is 6.47. The summed E-state index contributed by atoms with van der Waals surface area (Å²) in [5.41, 5.74) is 4.18. The van der Waals surface area contributed by atoms with Crippen LogP contribution >= 0.6 is 0 Å². The molecule has 336 valence electrons. The molecule has 5 rings (SSSR count). The first-order valence-electron chi connectivity index (χ1n) is 19.5. The van der Waals surface area contributed by atoms with E-state index in [4.69, 9.17) is 37.9 Å². The topological polar surface area (TPSA) is 239 Å². The minimum absolute atomic E-state index is 0.217. The second-order valence-corrected chi connectivity index (χ2v) is 14.3. The second kappa shape index (κ2) is 22.7. The number of anilines is 1. The maximum absolute atomic E-state index is 10.2. The van der Waals surface area contributed by atoms with Crippen molar-refractivity contribution in [3.05, 3.63) is 75.8 Å². The monoisotopic (exact) mass is 873 g/mol. The molecule has 17 heteroatoms. The Labute approximate surface area is 365 Å². The molecule has 2 fully saturated rings. The fraction of sp³-hybridized carbons (Fsp3) is 0.435. The summed E-state index contributed by atoms with van der Waals surface area (Å²) in [6.45, 7) is -1.59. The van der Waals surface area contributed by atoms with Crippen molar-refractivity contribution in [3.63, 3.8) is 0 Å². The minimum Gasteiger partial charge on any atom is -0.495 e. The Morgan fingerprint density at radius 2 is 0.873 bits per heavy atom. The third-order valence-corrected chi connectivity index (χ3v) is 9.98. The average Bonchev–Trinajstić information content (AvgIpc) is 3.29. The van der Waals surface area contributed by atoms with Gasteiger partial charge in [-0.3, -0.25) is 0 Å². The molecule has 0 aliphatic carbocycles. The molecular formula is C46H51NO16. The van der Waals surface area contributed by atoms with E-state index in [9.17, 15) is 40.9 Å². The zero-order valence-electron chi connectivity index (χ0n) is 35.4. The standard InChI is InChI=1S/C46H51NO16/c1-47(2)32-19-26(12-14-30-22-33(56-3)28(20-35(30)58-5)9-7-17-60-45-43(54)41(52)39(50)37(24-48)62-45)11-13-27(32)15-16-31-23-34(57-4)29(21-36(31)59-6)10-8-18-61-46-44(55)42(53)40(51)38(25-49)63-46/h11,13,19-23,37-46,48-55H,17-18,24-25H2,1-6H3/t37-,38-,39-,40-,41+,42+,43-,44-,45-,46-/m1/s1. The smallest absolute Gasteiger partial charge is 0.187 e. The van der Waals surface area contributed by atoms with Crippen molar-refractivity contribution in [1.82, 2.24) is 0 Å². The highest BCUT2D eigenvalue weighted by Gasteiger charge is 2.45. The van der Waals surface area contributed by atoms with Crippen LogP contribution in [0, 0.1) is 47.4 Å². The number of aliphatic hydroxyl groups excluding tert-OH is 8. The number of hydrogen-bond acceptors (Lipinski definition) is 17. The zero-order valence-corrected chi connectivity index (χ0v) is 35.4. The van der Waals surface area contributed by atoms with Gasteiger partial charge in [-0.15, -0.1) is 0 Å². The van der Waals surface area contributed by atoms with Crippen molar-refractivity contribution in [1.29, 1.82) is 0 Å². The van der Waals surface area contributed by atoms with E-state index in [-0.39, 0.29) is 13.2 Å². The summed E-state index contributed by atoms with van der Waals surface area (Å²) in [5.74, 6) is 25.9. The molecular weight excluding hydrogens is 822 g/mol. The number of rotatable bonds is 11. The van der Waals surface area contributed by atoms with Gasteiger partial charge < -0.3 is 83.6 Å². The molecule has 17 nitrogen and oxygen atoms in total. The molecule has 0 unspecified atom stereocenters. The molecule has 2 saturated heterocycles. The molecule has 3 aromatic carbocycles. The van der Waals surface area contributed by atoms with Crippen molar-refractivity contribution in [2.45, 2.75) is 61.4 Å². The van der Waals surface area contributed by atoms with Gasteiger partial charge in [-0.05, 0) is 18.2 Å². The summed E-state index contributed by atoms with van der Waals surface area (Å²) >= 11 is 0. The first kappa shape index (κ1) is 48.5. The van der Waals surface area contributed by atoms with Gasteiger partial charge in [-0.25, -0.2) is 0 Å². The molecule has 10 atom stereocenters. The van der Waals surface area contributed by atoms with Gasteiger partial charge in [-0.2, -0.15) is 0 Å². The van der Waals surface area contributed by atoms with Crippen LogP contribution in [0.2, 0.25) is 0 Å². The summed E-state index contributed by atoms with van der Waals surface area (Å²) in [5, 5.41) is 79.2. The quantitative estimate of drug-likeness (QED) is 0.107. The van der Waals surface area contributed by atoms with Gasteiger partial charge >= 0.3 is 0 Å². The minimum atomic E-state index is -1.57. The fourth-order valence-electron chi connectivity index (χ4n) is 6.47. The van der Waals surface area contributed by atoms with E-state index in [0.29, 0.717) is 56.4 Å². The Hall–Kier alpha value is -5.58. The first-order valence-corrected chi connectivity index (χ1v) is 19.5. The summed E-state index contributed by atoms with van der Waals surface area (Å²) in [6, 6.07) is 12.3. The highest BCUT2D eigenvalue weighted by atomic mass is 16.7. The molecule has 0 amide bonds. The van der Waals surface area contributed by atoms with Crippen LogP contribution in [0.3, 0.4) is 0 Å². The molecule has 3 aromatic rings. The lowest BCUT2D eigenvalue weighted by atomic mass is 9.99. The molecule has 63 heavy (non-hydrogen) atoms. The molecule has 0 spiro atoms. The maximum Gasteiger partial charge on any atom is 0.187 e. The van der Waals surface area contributed by atoms with Gasteiger partial charge in [0.1, 0.15) is 85.0 Å². The van der Waals surface area contributed by atoms with Crippen molar-refractivity contribution >= 4 is 5.69 Å². The Morgan fingerprint density at radius 1 is 0.492 bits per heavy atom. The third-order valence-electron chi connectivity index (χ3n) is 9.98. The molecule has 2 aliphatic rings. The molecule has 0 aromatic heterocycles. The van der Waals surface area contributed by atoms with Crippen molar-refractivity contribution in [3.8, 4) is 70.4 Å². The lowest BCUT2D eigenvalue weighted by Gasteiger charge is -2.39. The van der Waals surface area contributed by atoms with Crippen LogP contribution < -0.4 is 23.8 Å². The Kier molecular flexibility index (Phi) is 17.4. The molecule has 0 saturated carbocycles. The summed E-state index contributed by atoms with van der Waals surface area (Å²) in [4.78, 5) is 1.91. The highest BCUT2D eigenvalue weighted by molar-refractivity contribution is 5.67. The second-order valence-electron chi connectivity index (χ2n) is 14.3. The van der Waals surface area contributed by atoms with E-state index in [2.05, 4.69) is 47.4 Å². The molecule has 2 heterocycles. The largest absolute Gasteiger partial charge is 0.495 e. The lowest BCUT2D eigenvalue weighted by Crippen LogP contribution is -2.59. The number of methoxy groups -OCH3 is 4. The van der Waals surface area contributed by atoms with E-state index in [0.717, 1.165) is 5.69 Å². The first-order chi connectivity index (χ1) is 30.3. The number of ether oxygens (including phenoxy) is 8. The van der Waals surface area contributed by atoms with Crippen LogP contribution in [0.5, 0.6) is 23.0 Å². The Balaban J connectivity index is 1.31. The molecule has 0 bridgehead atoms. The van der Waals surface area contributed by atoms with E-state index in [1.807, 2.05) is 37.2 Å². The van der Waals surface area contributed by atoms with Crippen molar-refractivity contribution < 1.29 is 78.7 Å². The Bertz CT molecular complexity index is 2300. The van der Waals surface area contributed by atoms with E-state index in [1.165, 1.54) is 28.4 Å². The van der Waals surface area contributed by atoms with Crippen LogP contribution in [0.4, 0.5) is 5.69 Å². The molecule has 0 radical (unpaired) electrons. The van der Waals surface area contributed by atoms with E-state index < -0.39 is 74.6 Å². The van der Waals surface area contributed by atoms with Crippen LogP contribution in [0.1, 0.15) is 33.4 Å². The SMILES string of the molecule is COc1cc(C#Cc2ccc(C#Cc3cc(OC)c(C#CCO[C@@H]4O[C@H](CO)[C@@H](O)[C@H](O)[C@H]4O)cc3OC)c(N(C)C)c2)c(OC)cc1C#CCO[C@@H]1O[C@H](CO)[C@@H](O)[C@H](O)[C@H]1O. The van der Waals surface area contributed by atoms with Crippen LogP contribution in [-0.4, -0.2) is 171 Å². The van der Waals surface area contributed by atoms with Crippen molar-refractivity contribution in [2.24, 2.45) is 0 Å². The maximum atomic E-state index is 10.2. The summed E-state index contributed by atoms with van der Waals surface area (Å²) in [7, 11) is 9.76. The van der Waals surface area contributed by atoms with Crippen molar-refractivity contribution in [2.75, 3.05) is 73.9 Å². The third kappa shape index (κ3) is 11.7. The molecule has 2 aliphatic heterocycles. The van der Waals surface area contributed by atoms with E-state index >= 15 is 0 Å². The van der Waals surface area contributed by atoms with Gasteiger partial charge in [0.05, 0.1) is 69.6 Å². The van der Waals surface area contributed by atoms with Gasteiger partial charge in [0.15, 0.2) is 12.6 Å². The summed E-state index contributed by atoms with van der Waals surface area (Å²) in [6.07, 6.45) is -14.1. The lowest BCUT2D eigenvalue weighted by molar-refractivity contribution is -0.298. The Morgan fingerprint density at radius 3 is 1.25 bits per heavy atom. The predicted octanol–water partition coefficient (Wildman–Crippen LogP) is -1.08. The van der Waals surface area contributed by atoms with Crippen LogP contribution in [0.15, 0.2) is 42.5 Å². The van der Waals surface area contributed by atoms with Crippen LogP contribution in [0.25, 0.3) is 0 Å². The van der Waals surface area contributed by atoms with Crippen LogP contribution in [-0.2, 0) is 18.9 Å². The highest BCUT2D eigenvalue weighted by Crippen LogP contribution is 2.30. The van der Waals surface area contributed by atoms with Gasteiger partial charge in [0.2, 0.25) is 0 Å². The van der Waals surface area contributed by atoms with Gasteiger partial charge in [0, 0.05) is 49.5 Å². The average molecular weight is 874 g/mol. The predicted molar refractivity (Wildman–Crippen MR) is 225 cm³/mol. The van der Waals surface area contributed by atoms with Gasteiger partial charge in [-0.1, -0.05) is 47.4 Å². The number of hydrogen-bond donors (Lipinski definition) is 8. The van der Waals surface area contributed by atoms with Gasteiger partial charge in [0.25, 0.3) is 0 Å².